The molecule has 3 N–H and O–H groups in total. The molecule has 0 fully saturated rings. The summed E-state index contributed by atoms with van der Waals surface area (Å²) in [5.74, 6) is -0.229. The number of primary amides is 1. The van der Waals surface area contributed by atoms with Crippen LogP contribution < -0.4 is 5.73 Å². The quantitative estimate of drug-likeness (QED) is 0.658. The van der Waals surface area contributed by atoms with E-state index in [4.69, 9.17) is 10.3 Å². The summed E-state index contributed by atoms with van der Waals surface area (Å²) < 4.78 is 30.2. The molecule has 5 nitrogen and oxygen atoms in total. The summed E-state index contributed by atoms with van der Waals surface area (Å²) in [6.07, 6.45) is 1.38. The molecule has 0 saturated carbocycles. The maximum Gasteiger partial charge on any atom is 0.295 e. The standard InChI is InChI=1S/C8H8O3S.C6H11NO/c1-2-7-5-3-4-6-8(7)12(9,10)11;1-4(2)5(3)6(7)8/h2-6H,1H2,(H,9,10,11);4H,3H2,1-2H3,(H2,7,8). The number of hydrogen-bond acceptors (Lipinski definition) is 3. The summed E-state index contributed by atoms with van der Waals surface area (Å²) in [4.78, 5) is 10.2. The zero-order valence-electron chi connectivity index (χ0n) is 11.5. The van der Waals surface area contributed by atoms with E-state index in [1.54, 1.807) is 12.1 Å². The first-order valence-electron chi connectivity index (χ1n) is 5.78. The van der Waals surface area contributed by atoms with E-state index in [0.717, 1.165) is 0 Å². The van der Waals surface area contributed by atoms with E-state index in [-0.39, 0.29) is 10.8 Å². The summed E-state index contributed by atoms with van der Waals surface area (Å²) in [5, 5.41) is 0. The van der Waals surface area contributed by atoms with Crippen molar-refractivity contribution in [2.45, 2.75) is 18.7 Å². The molecule has 1 amide bonds. The minimum atomic E-state index is -4.12. The van der Waals surface area contributed by atoms with Crippen LogP contribution in [0.3, 0.4) is 0 Å². The number of amides is 1. The molecular formula is C14H19NO4S. The second-order valence-corrected chi connectivity index (χ2v) is 5.65. The van der Waals surface area contributed by atoms with Gasteiger partial charge in [-0.25, -0.2) is 0 Å². The lowest BCUT2D eigenvalue weighted by atomic mass is 10.1. The van der Waals surface area contributed by atoms with Gasteiger partial charge in [-0.3, -0.25) is 9.35 Å². The average Bonchev–Trinajstić information content (AvgIpc) is 2.37. The summed E-state index contributed by atoms with van der Waals surface area (Å²) in [7, 11) is -4.12. The van der Waals surface area contributed by atoms with E-state index >= 15 is 0 Å². The number of carbonyl (C=O) groups excluding carboxylic acids is 1. The summed E-state index contributed by atoms with van der Waals surface area (Å²) in [5.41, 5.74) is 5.79. The van der Waals surface area contributed by atoms with Crippen molar-refractivity contribution >= 4 is 22.1 Å². The maximum atomic E-state index is 10.7. The molecule has 1 aromatic carbocycles. The van der Waals surface area contributed by atoms with Crippen LogP contribution in [0.5, 0.6) is 0 Å². The Hall–Kier alpha value is -1.92. The molecular weight excluding hydrogens is 278 g/mol. The van der Waals surface area contributed by atoms with Crippen molar-refractivity contribution in [1.29, 1.82) is 0 Å². The van der Waals surface area contributed by atoms with Gasteiger partial charge in [0.05, 0.1) is 0 Å². The highest BCUT2D eigenvalue weighted by molar-refractivity contribution is 7.85. The predicted octanol–water partition coefficient (Wildman–Crippen LogP) is 2.26. The van der Waals surface area contributed by atoms with Gasteiger partial charge < -0.3 is 5.73 Å². The maximum absolute atomic E-state index is 10.7. The van der Waals surface area contributed by atoms with Crippen molar-refractivity contribution in [2.75, 3.05) is 0 Å². The minimum Gasteiger partial charge on any atom is -0.366 e. The Morgan fingerprint density at radius 1 is 1.35 bits per heavy atom. The monoisotopic (exact) mass is 297 g/mol. The first kappa shape index (κ1) is 18.1. The lowest BCUT2D eigenvalue weighted by Crippen LogP contribution is -2.16. The Labute approximate surface area is 119 Å². The number of nitrogens with two attached hydrogens (primary N) is 1. The number of rotatable bonds is 4. The van der Waals surface area contributed by atoms with E-state index in [2.05, 4.69) is 13.2 Å². The lowest BCUT2D eigenvalue weighted by Gasteiger charge is -2.01. The van der Waals surface area contributed by atoms with Crippen LogP contribution in [0.2, 0.25) is 0 Å². The van der Waals surface area contributed by atoms with Crippen LogP contribution in [-0.4, -0.2) is 18.9 Å². The first-order valence-corrected chi connectivity index (χ1v) is 7.22. The van der Waals surface area contributed by atoms with E-state index in [0.29, 0.717) is 11.1 Å². The van der Waals surface area contributed by atoms with Gasteiger partial charge in [-0.2, -0.15) is 8.42 Å². The van der Waals surface area contributed by atoms with Crippen LogP contribution in [0.1, 0.15) is 19.4 Å². The summed E-state index contributed by atoms with van der Waals surface area (Å²) in [6, 6.07) is 6.10. The van der Waals surface area contributed by atoms with Crippen LogP contribution in [0, 0.1) is 5.92 Å². The smallest absolute Gasteiger partial charge is 0.295 e. The molecule has 0 aliphatic rings. The first-order chi connectivity index (χ1) is 9.11. The Bertz CT molecular complexity index is 603. The topological polar surface area (TPSA) is 97.5 Å². The van der Waals surface area contributed by atoms with Crippen molar-refractivity contribution in [3.63, 3.8) is 0 Å². The van der Waals surface area contributed by atoms with Gasteiger partial charge in [0.2, 0.25) is 5.91 Å². The van der Waals surface area contributed by atoms with Crippen molar-refractivity contribution in [3.8, 4) is 0 Å². The number of carbonyl (C=O) groups is 1. The fourth-order valence-corrected chi connectivity index (χ4v) is 1.87. The van der Waals surface area contributed by atoms with Gasteiger partial charge in [-0.1, -0.05) is 51.3 Å². The molecule has 0 spiro atoms. The van der Waals surface area contributed by atoms with Gasteiger partial charge in [0.15, 0.2) is 0 Å². The Morgan fingerprint density at radius 3 is 2.10 bits per heavy atom. The van der Waals surface area contributed by atoms with E-state index in [1.165, 1.54) is 18.2 Å². The molecule has 0 aliphatic heterocycles. The van der Waals surface area contributed by atoms with Gasteiger partial charge in [-0.15, -0.1) is 0 Å². The fourth-order valence-electron chi connectivity index (χ4n) is 1.17. The van der Waals surface area contributed by atoms with Gasteiger partial charge in [0.25, 0.3) is 10.1 Å². The van der Waals surface area contributed by atoms with Gasteiger partial charge in [0.1, 0.15) is 4.90 Å². The minimum absolute atomic E-state index is 0.111. The normalized spacial score (nSPS) is 10.4. The third kappa shape index (κ3) is 5.81. The number of benzene rings is 1. The molecule has 6 heteroatoms. The number of hydrogen-bond donors (Lipinski definition) is 2. The van der Waals surface area contributed by atoms with Crippen LogP contribution >= 0.6 is 0 Å². The molecule has 110 valence electrons. The highest BCUT2D eigenvalue weighted by Crippen LogP contribution is 2.15. The Balaban J connectivity index is 0.000000396. The molecule has 0 radical (unpaired) electrons. The molecule has 0 aliphatic carbocycles. The Morgan fingerprint density at radius 2 is 1.85 bits per heavy atom. The summed E-state index contributed by atoms with van der Waals surface area (Å²) >= 11 is 0. The molecule has 0 bridgehead atoms. The second kappa shape index (κ2) is 7.62. The second-order valence-electron chi connectivity index (χ2n) is 4.26. The van der Waals surface area contributed by atoms with Gasteiger partial charge >= 0.3 is 0 Å². The highest BCUT2D eigenvalue weighted by atomic mass is 32.2. The predicted molar refractivity (Wildman–Crippen MR) is 79.5 cm³/mol. The van der Waals surface area contributed by atoms with Gasteiger partial charge in [-0.05, 0) is 17.5 Å². The highest BCUT2D eigenvalue weighted by Gasteiger charge is 2.11. The van der Waals surface area contributed by atoms with Crippen LogP contribution in [0.4, 0.5) is 0 Å². The van der Waals surface area contributed by atoms with Crippen molar-refractivity contribution in [2.24, 2.45) is 11.7 Å². The van der Waals surface area contributed by atoms with Crippen LogP contribution in [-0.2, 0) is 14.9 Å². The van der Waals surface area contributed by atoms with E-state index in [9.17, 15) is 13.2 Å². The van der Waals surface area contributed by atoms with E-state index < -0.39 is 16.0 Å². The van der Waals surface area contributed by atoms with Gasteiger partial charge in [0, 0.05) is 5.57 Å². The SMILES string of the molecule is C=C(C(N)=O)C(C)C.C=Cc1ccccc1S(=O)(=O)O. The van der Waals surface area contributed by atoms with E-state index in [1.807, 2.05) is 13.8 Å². The molecule has 0 atom stereocenters. The van der Waals surface area contributed by atoms with Crippen LogP contribution in [0.25, 0.3) is 6.08 Å². The molecule has 1 rings (SSSR count). The third-order valence-corrected chi connectivity index (χ3v) is 3.36. The largest absolute Gasteiger partial charge is 0.366 e. The molecule has 1 aromatic rings. The molecule has 0 saturated heterocycles. The third-order valence-electron chi connectivity index (χ3n) is 2.43. The molecule has 20 heavy (non-hydrogen) atoms. The van der Waals surface area contributed by atoms with Crippen molar-refractivity contribution in [1.82, 2.24) is 0 Å². The molecule has 0 heterocycles. The molecule has 0 unspecified atom stereocenters. The fraction of sp³-hybridized carbons (Fsp3) is 0.214. The average molecular weight is 297 g/mol. The molecule has 0 aromatic heterocycles. The Kier molecular flexibility index (Phi) is 6.89. The zero-order chi connectivity index (χ0) is 15.9. The summed E-state index contributed by atoms with van der Waals surface area (Å²) in [6.45, 7) is 10.7. The lowest BCUT2D eigenvalue weighted by molar-refractivity contribution is -0.114. The zero-order valence-corrected chi connectivity index (χ0v) is 12.4. The van der Waals surface area contributed by atoms with Crippen molar-refractivity contribution in [3.05, 3.63) is 48.6 Å². The van der Waals surface area contributed by atoms with Crippen LogP contribution in [0.15, 0.2) is 47.9 Å². The van der Waals surface area contributed by atoms with Crippen molar-refractivity contribution < 1.29 is 17.8 Å².